The molecule has 21 heavy (non-hydrogen) atoms. The molecule has 2 amide bonds. The number of urea groups is 1. The molecule has 2 heterocycles. The Morgan fingerprint density at radius 3 is 2.52 bits per heavy atom. The number of nitrogens with zero attached hydrogens (tertiary/aromatic N) is 3. The van der Waals surface area contributed by atoms with Crippen molar-refractivity contribution in [3.05, 3.63) is 0 Å². The molecule has 2 fully saturated rings. The Bertz CT molecular complexity index is 484. The summed E-state index contributed by atoms with van der Waals surface area (Å²) in [7, 11) is 1.53. The summed E-state index contributed by atoms with van der Waals surface area (Å²) in [6.45, 7) is 1.44. The Kier molecular flexibility index (Phi) is 4.54. The molecule has 0 bridgehead atoms. The van der Waals surface area contributed by atoms with E-state index >= 15 is 0 Å². The first-order chi connectivity index (χ1) is 10.2. The van der Waals surface area contributed by atoms with Crippen molar-refractivity contribution in [3.8, 4) is 5.19 Å². The van der Waals surface area contributed by atoms with Gasteiger partial charge in [-0.2, -0.15) is 0 Å². The van der Waals surface area contributed by atoms with Gasteiger partial charge in [-0.3, -0.25) is 5.32 Å². The van der Waals surface area contributed by atoms with Crippen LogP contribution in [0.3, 0.4) is 0 Å². The van der Waals surface area contributed by atoms with Crippen LogP contribution in [0.15, 0.2) is 0 Å². The maximum atomic E-state index is 12.1. The number of anilines is 1. The van der Waals surface area contributed by atoms with Gasteiger partial charge in [0.25, 0.3) is 5.19 Å². The highest BCUT2D eigenvalue weighted by Crippen LogP contribution is 2.27. The normalized spacial score (nSPS) is 20.1. The Morgan fingerprint density at radius 1 is 1.24 bits per heavy atom. The molecule has 1 saturated heterocycles. The van der Waals surface area contributed by atoms with Crippen LogP contribution in [0.1, 0.15) is 32.1 Å². The molecule has 1 saturated carbocycles. The largest absolute Gasteiger partial charge is 0.472 e. The van der Waals surface area contributed by atoms with Gasteiger partial charge < -0.3 is 14.4 Å². The monoisotopic (exact) mass is 312 g/mol. The molecular formula is C13H20N4O3S. The van der Waals surface area contributed by atoms with Crippen LogP contribution in [-0.2, 0) is 4.74 Å². The SMILES string of the molecule is COc1nnc(NC(=O)N2CCC(OC3CCC3)CC2)s1. The van der Waals surface area contributed by atoms with E-state index in [2.05, 4.69) is 15.5 Å². The molecule has 1 aromatic heterocycles. The second-order valence-corrected chi connectivity index (χ2v) is 6.32. The van der Waals surface area contributed by atoms with Crippen LogP contribution < -0.4 is 10.1 Å². The fourth-order valence-corrected chi connectivity index (χ4v) is 3.04. The zero-order valence-corrected chi connectivity index (χ0v) is 12.9. The second kappa shape index (κ2) is 6.57. The minimum Gasteiger partial charge on any atom is -0.472 e. The Labute approximate surface area is 127 Å². The second-order valence-electron chi connectivity index (χ2n) is 5.38. The van der Waals surface area contributed by atoms with Gasteiger partial charge in [0.1, 0.15) is 0 Å². The Balaban J connectivity index is 1.43. The zero-order chi connectivity index (χ0) is 14.7. The van der Waals surface area contributed by atoms with E-state index < -0.39 is 0 Å². The standard InChI is InChI=1S/C13H20N4O3S/c1-19-13-16-15-11(21-13)14-12(18)17-7-5-10(6-8-17)20-9-3-2-4-9/h9-10H,2-8H2,1H3,(H,14,15,18). The van der Waals surface area contributed by atoms with Crippen LogP contribution in [0, 0.1) is 0 Å². The summed E-state index contributed by atoms with van der Waals surface area (Å²) in [5, 5.41) is 11.3. The third-order valence-corrected chi connectivity index (χ3v) is 4.76. The molecule has 0 radical (unpaired) electrons. The lowest BCUT2D eigenvalue weighted by atomic mass is 9.95. The molecule has 7 nitrogen and oxygen atoms in total. The quantitative estimate of drug-likeness (QED) is 0.921. The summed E-state index contributed by atoms with van der Waals surface area (Å²) in [5.74, 6) is 0. The fourth-order valence-electron chi connectivity index (χ4n) is 2.49. The van der Waals surface area contributed by atoms with Gasteiger partial charge in [0, 0.05) is 13.1 Å². The number of hydrogen-bond donors (Lipinski definition) is 1. The van der Waals surface area contributed by atoms with Crippen LogP contribution in [0.25, 0.3) is 0 Å². The van der Waals surface area contributed by atoms with Gasteiger partial charge in [-0.05, 0) is 43.4 Å². The third kappa shape index (κ3) is 3.62. The molecule has 116 valence electrons. The number of hydrogen-bond acceptors (Lipinski definition) is 6. The molecule has 2 aliphatic rings. The number of methoxy groups -OCH3 is 1. The number of aromatic nitrogens is 2. The van der Waals surface area contributed by atoms with Crippen LogP contribution in [-0.4, -0.2) is 53.5 Å². The number of carbonyl (C=O) groups excluding carboxylic acids is 1. The summed E-state index contributed by atoms with van der Waals surface area (Å²) >= 11 is 1.22. The van der Waals surface area contributed by atoms with Crippen molar-refractivity contribution in [2.45, 2.75) is 44.3 Å². The van der Waals surface area contributed by atoms with Gasteiger partial charge in [0.15, 0.2) is 0 Å². The smallest absolute Gasteiger partial charge is 0.323 e. The minimum absolute atomic E-state index is 0.129. The number of rotatable bonds is 4. The van der Waals surface area contributed by atoms with Gasteiger partial charge in [-0.15, -0.1) is 5.10 Å². The summed E-state index contributed by atoms with van der Waals surface area (Å²) in [5.41, 5.74) is 0. The molecule has 0 unspecified atom stereocenters. The molecule has 0 atom stereocenters. The van der Waals surface area contributed by atoms with Crippen LogP contribution >= 0.6 is 11.3 Å². The highest BCUT2D eigenvalue weighted by Gasteiger charge is 2.28. The number of nitrogens with one attached hydrogen (secondary N) is 1. The fraction of sp³-hybridized carbons (Fsp3) is 0.769. The van der Waals surface area contributed by atoms with E-state index in [4.69, 9.17) is 9.47 Å². The maximum Gasteiger partial charge on any atom is 0.323 e. The molecule has 0 spiro atoms. The lowest BCUT2D eigenvalue weighted by molar-refractivity contribution is -0.0694. The summed E-state index contributed by atoms with van der Waals surface area (Å²) < 4.78 is 10.9. The molecule has 8 heteroatoms. The predicted octanol–water partition coefficient (Wildman–Crippen LogP) is 2.11. The van der Waals surface area contributed by atoms with E-state index in [1.165, 1.54) is 37.7 Å². The van der Waals surface area contributed by atoms with Crippen molar-refractivity contribution < 1.29 is 14.3 Å². The van der Waals surface area contributed by atoms with E-state index in [-0.39, 0.29) is 6.03 Å². The highest BCUT2D eigenvalue weighted by molar-refractivity contribution is 7.17. The molecule has 3 rings (SSSR count). The average molecular weight is 312 g/mol. The third-order valence-electron chi connectivity index (χ3n) is 3.96. The van der Waals surface area contributed by atoms with Gasteiger partial charge in [-0.25, -0.2) is 4.79 Å². The summed E-state index contributed by atoms with van der Waals surface area (Å²) in [6.07, 6.45) is 6.26. The summed E-state index contributed by atoms with van der Waals surface area (Å²) in [6, 6.07) is -0.129. The first-order valence-electron chi connectivity index (χ1n) is 7.33. The van der Waals surface area contributed by atoms with Crippen LogP contribution in [0.2, 0.25) is 0 Å². The van der Waals surface area contributed by atoms with Gasteiger partial charge in [0.2, 0.25) is 5.13 Å². The number of likely N-dealkylation sites (tertiary alicyclic amines) is 1. The van der Waals surface area contributed by atoms with E-state index in [9.17, 15) is 4.79 Å². The van der Waals surface area contributed by atoms with Crippen LogP contribution in [0.5, 0.6) is 5.19 Å². The topological polar surface area (TPSA) is 76.6 Å². The first kappa shape index (κ1) is 14.5. The van der Waals surface area contributed by atoms with Gasteiger partial charge in [0.05, 0.1) is 19.3 Å². The number of carbonyl (C=O) groups is 1. The first-order valence-corrected chi connectivity index (χ1v) is 8.15. The lowest BCUT2D eigenvalue weighted by Gasteiger charge is -2.36. The van der Waals surface area contributed by atoms with Gasteiger partial charge >= 0.3 is 6.03 Å². The predicted molar refractivity (Wildman–Crippen MR) is 78.8 cm³/mol. The molecule has 1 aliphatic carbocycles. The number of ether oxygens (including phenoxy) is 2. The highest BCUT2D eigenvalue weighted by atomic mass is 32.1. The number of amides is 2. The molecule has 0 aromatic carbocycles. The minimum atomic E-state index is -0.129. The average Bonchev–Trinajstić information content (AvgIpc) is 2.91. The van der Waals surface area contributed by atoms with Crippen molar-refractivity contribution in [1.29, 1.82) is 0 Å². The van der Waals surface area contributed by atoms with Crippen molar-refractivity contribution in [1.82, 2.24) is 15.1 Å². The van der Waals surface area contributed by atoms with Crippen LogP contribution in [0.4, 0.5) is 9.93 Å². The Morgan fingerprint density at radius 2 is 1.95 bits per heavy atom. The summed E-state index contributed by atoms with van der Waals surface area (Å²) in [4.78, 5) is 13.9. The zero-order valence-electron chi connectivity index (χ0n) is 12.1. The molecule has 1 aliphatic heterocycles. The van der Waals surface area contributed by atoms with Crippen molar-refractivity contribution in [2.24, 2.45) is 0 Å². The number of piperidine rings is 1. The van der Waals surface area contributed by atoms with E-state index in [0.29, 0.717) is 22.5 Å². The van der Waals surface area contributed by atoms with E-state index in [1.54, 1.807) is 4.90 Å². The lowest BCUT2D eigenvalue weighted by Crippen LogP contribution is -2.44. The van der Waals surface area contributed by atoms with E-state index in [1.807, 2.05) is 0 Å². The molecule has 1 aromatic rings. The van der Waals surface area contributed by atoms with Gasteiger partial charge in [-0.1, -0.05) is 5.10 Å². The molecule has 1 N–H and O–H groups in total. The molecular weight excluding hydrogens is 292 g/mol. The van der Waals surface area contributed by atoms with Crippen molar-refractivity contribution >= 4 is 22.5 Å². The Hall–Kier alpha value is -1.41. The van der Waals surface area contributed by atoms with E-state index in [0.717, 1.165) is 25.9 Å². The van der Waals surface area contributed by atoms with Crippen molar-refractivity contribution in [3.63, 3.8) is 0 Å². The maximum absolute atomic E-state index is 12.1. The van der Waals surface area contributed by atoms with Crippen molar-refractivity contribution in [2.75, 3.05) is 25.5 Å².